The first kappa shape index (κ1) is 29.8. The second-order valence-corrected chi connectivity index (χ2v) is 8.14. The highest BCUT2D eigenvalue weighted by Gasteiger charge is 2.42. The Labute approximate surface area is 208 Å². The fraction of sp³-hybridized carbons (Fsp3) is 0.727. The number of ether oxygens (including phenoxy) is 4. The van der Waals surface area contributed by atoms with Crippen molar-refractivity contribution in [3.8, 4) is 0 Å². The van der Waals surface area contributed by atoms with Gasteiger partial charge < -0.3 is 44.9 Å². The van der Waals surface area contributed by atoms with E-state index in [1.165, 1.54) is 12.2 Å². The highest BCUT2D eigenvalue weighted by Crippen LogP contribution is 2.21. The third-order valence-electron chi connectivity index (χ3n) is 5.39. The van der Waals surface area contributed by atoms with Crippen molar-refractivity contribution in [1.82, 2.24) is 15.5 Å². The molecule has 2 aliphatic heterocycles. The number of aliphatic hydroxyl groups is 3. The van der Waals surface area contributed by atoms with Crippen LogP contribution in [0.15, 0.2) is 12.2 Å². The van der Waals surface area contributed by atoms with Gasteiger partial charge >= 0.3 is 0 Å². The quantitative estimate of drug-likeness (QED) is 0.102. The van der Waals surface area contributed by atoms with Gasteiger partial charge in [0, 0.05) is 44.6 Å². The van der Waals surface area contributed by atoms with E-state index in [2.05, 4.69) is 10.6 Å². The summed E-state index contributed by atoms with van der Waals surface area (Å²) in [6.45, 7) is 3.02. The number of nitrogens with zero attached hydrogens (tertiary/aromatic N) is 1. The highest BCUT2D eigenvalue weighted by atomic mass is 16.7. The van der Waals surface area contributed by atoms with E-state index < -0.39 is 42.5 Å². The number of carbonyl (C=O) groups excluding carboxylic acids is 4. The predicted molar refractivity (Wildman–Crippen MR) is 121 cm³/mol. The minimum absolute atomic E-state index is 0.0131. The molecule has 204 valence electrons. The van der Waals surface area contributed by atoms with E-state index in [9.17, 15) is 34.5 Å². The lowest BCUT2D eigenvalue weighted by molar-refractivity contribution is -0.292. The Morgan fingerprint density at radius 1 is 0.861 bits per heavy atom. The largest absolute Gasteiger partial charge is 0.388 e. The van der Waals surface area contributed by atoms with Crippen LogP contribution < -0.4 is 10.6 Å². The molecule has 4 amide bonds. The van der Waals surface area contributed by atoms with E-state index in [-0.39, 0.29) is 77.3 Å². The molecular formula is C22H35N3O11. The van der Waals surface area contributed by atoms with Gasteiger partial charge in [-0.1, -0.05) is 0 Å². The van der Waals surface area contributed by atoms with Gasteiger partial charge in [0.05, 0.1) is 39.1 Å². The third kappa shape index (κ3) is 9.89. The molecule has 0 radical (unpaired) electrons. The van der Waals surface area contributed by atoms with Gasteiger partial charge in [-0.2, -0.15) is 0 Å². The Morgan fingerprint density at radius 2 is 1.44 bits per heavy atom. The lowest BCUT2D eigenvalue weighted by Crippen LogP contribution is -2.57. The fourth-order valence-corrected chi connectivity index (χ4v) is 3.31. The molecule has 36 heavy (non-hydrogen) atoms. The van der Waals surface area contributed by atoms with Gasteiger partial charge in [-0.05, 0) is 6.92 Å². The maximum Gasteiger partial charge on any atom is 0.253 e. The predicted octanol–water partition coefficient (Wildman–Crippen LogP) is -3.20. The van der Waals surface area contributed by atoms with Crippen molar-refractivity contribution in [3.63, 3.8) is 0 Å². The molecule has 14 heteroatoms. The van der Waals surface area contributed by atoms with Crippen molar-refractivity contribution in [1.29, 1.82) is 0 Å². The molecule has 2 heterocycles. The molecular weight excluding hydrogens is 482 g/mol. The first-order chi connectivity index (χ1) is 17.2. The average molecular weight is 518 g/mol. The Hall–Kier alpha value is -2.46. The van der Waals surface area contributed by atoms with E-state index in [1.807, 2.05) is 0 Å². The van der Waals surface area contributed by atoms with Crippen LogP contribution in [0.4, 0.5) is 0 Å². The van der Waals surface area contributed by atoms with Gasteiger partial charge in [-0.3, -0.25) is 24.1 Å². The highest BCUT2D eigenvalue weighted by molar-refractivity contribution is 6.13. The van der Waals surface area contributed by atoms with Crippen molar-refractivity contribution in [3.05, 3.63) is 12.2 Å². The van der Waals surface area contributed by atoms with E-state index in [0.29, 0.717) is 0 Å². The summed E-state index contributed by atoms with van der Waals surface area (Å²) in [6, 6.07) is 0. The van der Waals surface area contributed by atoms with Crippen LogP contribution >= 0.6 is 0 Å². The van der Waals surface area contributed by atoms with Gasteiger partial charge in [0.25, 0.3) is 11.8 Å². The molecule has 0 spiro atoms. The van der Waals surface area contributed by atoms with Gasteiger partial charge in [-0.25, -0.2) is 0 Å². The first-order valence-electron chi connectivity index (χ1n) is 11.7. The van der Waals surface area contributed by atoms with Crippen LogP contribution in [0, 0.1) is 0 Å². The van der Waals surface area contributed by atoms with E-state index in [0.717, 1.165) is 4.90 Å². The van der Waals surface area contributed by atoms with Crippen LogP contribution in [-0.4, -0.2) is 127 Å². The summed E-state index contributed by atoms with van der Waals surface area (Å²) in [5.41, 5.74) is 0. The molecule has 14 nitrogen and oxygen atoms in total. The van der Waals surface area contributed by atoms with E-state index in [4.69, 9.17) is 18.9 Å². The molecule has 1 saturated heterocycles. The second-order valence-electron chi connectivity index (χ2n) is 8.14. The molecule has 0 aromatic heterocycles. The summed E-state index contributed by atoms with van der Waals surface area (Å²) in [6.07, 6.45) is -3.31. The number of hydrogen-bond acceptors (Lipinski definition) is 11. The van der Waals surface area contributed by atoms with Crippen molar-refractivity contribution < 1.29 is 53.4 Å². The number of imide groups is 1. The lowest BCUT2D eigenvalue weighted by atomic mass is 10.0. The monoisotopic (exact) mass is 517 g/mol. The number of rotatable bonds is 16. The number of nitrogens with one attached hydrogen (secondary N) is 2. The summed E-state index contributed by atoms with van der Waals surface area (Å²) < 4.78 is 21.2. The Bertz CT molecular complexity index is 760. The van der Waals surface area contributed by atoms with Crippen LogP contribution in [-0.2, 0) is 38.1 Å². The Balaban J connectivity index is 1.38. The molecule has 2 rings (SSSR count). The van der Waals surface area contributed by atoms with Crippen LogP contribution in [0.2, 0.25) is 0 Å². The number of hydrogen-bond donors (Lipinski definition) is 5. The Kier molecular flexibility index (Phi) is 12.9. The van der Waals surface area contributed by atoms with Crippen molar-refractivity contribution in [2.75, 3.05) is 52.7 Å². The minimum atomic E-state index is -1.39. The van der Waals surface area contributed by atoms with Crippen molar-refractivity contribution in [2.24, 2.45) is 0 Å². The zero-order chi connectivity index (χ0) is 26.5. The van der Waals surface area contributed by atoms with Crippen molar-refractivity contribution in [2.45, 2.75) is 50.5 Å². The molecule has 0 aromatic rings. The first-order valence-corrected chi connectivity index (χ1v) is 11.7. The van der Waals surface area contributed by atoms with Gasteiger partial charge in [0.2, 0.25) is 11.8 Å². The normalized spacial score (nSPS) is 25.9. The molecule has 5 N–H and O–H groups in total. The number of carbonyl (C=O) groups is 4. The van der Waals surface area contributed by atoms with Crippen molar-refractivity contribution >= 4 is 23.6 Å². The summed E-state index contributed by atoms with van der Waals surface area (Å²) in [5.74, 6) is -1.41. The zero-order valence-electron chi connectivity index (χ0n) is 20.2. The van der Waals surface area contributed by atoms with Crippen LogP contribution in [0.25, 0.3) is 0 Å². The van der Waals surface area contributed by atoms with E-state index >= 15 is 0 Å². The summed E-state index contributed by atoms with van der Waals surface area (Å²) in [4.78, 5) is 47.3. The zero-order valence-corrected chi connectivity index (χ0v) is 20.2. The summed E-state index contributed by atoms with van der Waals surface area (Å²) >= 11 is 0. The smallest absolute Gasteiger partial charge is 0.253 e. The number of amides is 4. The summed E-state index contributed by atoms with van der Waals surface area (Å²) in [7, 11) is 0. The third-order valence-corrected chi connectivity index (χ3v) is 5.39. The van der Waals surface area contributed by atoms with Gasteiger partial charge in [0.15, 0.2) is 6.29 Å². The van der Waals surface area contributed by atoms with E-state index in [1.54, 1.807) is 6.92 Å². The molecule has 0 saturated carbocycles. The van der Waals surface area contributed by atoms with Crippen LogP contribution in [0.3, 0.4) is 0 Å². The van der Waals surface area contributed by atoms with Gasteiger partial charge in [-0.15, -0.1) is 0 Å². The molecule has 0 aromatic carbocycles. The standard InChI is InChI=1S/C22H35N3O11/c1-14-19(30)20(31)21(32)22(36-14)35-11-7-24-16(27)5-9-33-12-13-34-10-6-23-15(26)4-8-25-17(28)2-3-18(25)29/h2-3,14,19-22,30-32H,4-13H2,1H3,(H,23,26)(H,24,27). The average Bonchev–Trinajstić information content (AvgIpc) is 3.17. The second kappa shape index (κ2) is 15.6. The van der Waals surface area contributed by atoms with Crippen LogP contribution in [0.5, 0.6) is 0 Å². The molecule has 2 aliphatic rings. The minimum Gasteiger partial charge on any atom is -0.388 e. The Morgan fingerprint density at radius 3 is 2.11 bits per heavy atom. The molecule has 1 fully saturated rings. The topological polar surface area (TPSA) is 193 Å². The van der Waals surface area contributed by atoms with Crippen LogP contribution in [0.1, 0.15) is 19.8 Å². The molecule has 5 unspecified atom stereocenters. The number of aliphatic hydroxyl groups excluding tert-OH is 3. The maximum atomic E-state index is 11.8. The fourth-order valence-electron chi connectivity index (χ4n) is 3.31. The summed E-state index contributed by atoms with van der Waals surface area (Å²) in [5, 5.41) is 34.5. The molecule has 0 bridgehead atoms. The SMILES string of the molecule is CC1OC(OCCNC(=O)CCOCCOCCNC(=O)CCN2C(=O)C=CC2=O)C(O)C(O)C1O. The molecule has 0 aliphatic carbocycles. The maximum absolute atomic E-state index is 11.8. The molecule has 5 atom stereocenters. The lowest BCUT2D eigenvalue weighted by Gasteiger charge is -2.38. The van der Waals surface area contributed by atoms with Gasteiger partial charge in [0.1, 0.15) is 18.3 Å².